The zero-order valence-electron chi connectivity index (χ0n) is 14.4. The third-order valence-electron chi connectivity index (χ3n) is 4.80. The Bertz CT molecular complexity index is 703. The molecule has 2 aromatic carbocycles. The Labute approximate surface area is 143 Å². The molecule has 0 amide bonds. The number of hydrogen-bond acceptors (Lipinski definition) is 4. The van der Waals surface area contributed by atoms with Crippen molar-refractivity contribution in [1.29, 1.82) is 0 Å². The van der Waals surface area contributed by atoms with E-state index in [2.05, 4.69) is 41.0 Å². The third-order valence-corrected chi connectivity index (χ3v) is 4.80. The number of anilines is 2. The van der Waals surface area contributed by atoms with Gasteiger partial charge in [0.05, 0.1) is 6.04 Å². The van der Waals surface area contributed by atoms with E-state index in [0.29, 0.717) is 5.69 Å². The molecule has 1 atom stereocenters. The minimum Gasteiger partial charge on any atom is -0.399 e. The van der Waals surface area contributed by atoms with Gasteiger partial charge >= 0.3 is 0 Å². The minimum absolute atomic E-state index is 0.103. The average molecular weight is 323 g/mol. The largest absolute Gasteiger partial charge is 0.399 e. The molecule has 0 bridgehead atoms. The molecule has 4 nitrogen and oxygen atoms in total. The van der Waals surface area contributed by atoms with Gasteiger partial charge in [-0.15, -0.1) is 0 Å². The zero-order chi connectivity index (χ0) is 17.1. The minimum atomic E-state index is -0.103. The van der Waals surface area contributed by atoms with Crippen molar-refractivity contribution in [2.75, 3.05) is 36.8 Å². The van der Waals surface area contributed by atoms with E-state index >= 15 is 0 Å². The smallest absolute Gasteiger partial charge is 0.179 e. The van der Waals surface area contributed by atoms with Crippen LogP contribution in [0.15, 0.2) is 48.5 Å². The summed E-state index contributed by atoms with van der Waals surface area (Å²) < 4.78 is 0. The molecule has 2 aromatic rings. The highest BCUT2D eigenvalue weighted by Crippen LogP contribution is 2.19. The van der Waals surface area contributed by atoms with Crippen molar-refractivity contribution >= 4 is 17.2 Å². The number of Topliss-reactive ketones (excluding diaryl/α,β-unsaturated/α-hetero) is 1. The van der Waals surface area contributed by atoms with Crippen molar-refractivity contribution in [3.05, 3.63) is 59.7 Å². The lowest BCUT2D eigenvalue weighted by Crippen LogP contribution is -2.51. The first-order chi connectivity index (χ1) is 11.5. The molecule has 0 radical (unpaired) electrons. The lowest BCUT2D eigenvalue weighted by atomic mass is 10.0. The maximum absolute atomic E-state index is 12.7. The lowest BCUT2D eigenvalue weighted by Gasteiger charge is -2.38. The van der Waals surface area contributed by atoms with E-state index in [0.717, 1.165) is 31.7 Å². The zero-order valence-corrected chi connectivity index (χ0v) is 14.4. The van der Waals surface area contributed by atoms with Crippen LogP contribution >= 0.6 is 0 Å². The van der Waals surface area contributed by atoms with Gasteiger partial charge in [0.15, 0.2) is 5.78 Å². The van der Waals surface area contributed by atoms with E-state index in [1.807, 2.05) is 19.1 Å². The number of nitrogens with two attached hydrogens (primary N) is 1. The monoisotopic (exact) mass is 323 g/mol. The number of carbonyl (C=O) groups is 1. The molecule has 1 heterocycles. The Kier molecular flexibility index (Phi) is 4.86. The SMILES string of the molecule is Cc1cccc(N2CCN(C(C)C(=O)c3ccc(N)cc3)CC2)c1. The van der Waals surface area contributed by atoms with Gasteiger partial charge in [-0.3, -0.25) is 9.69 Å². The number of rotatable bonds is 4. The van der Waals surface area contributed by atoms with Gasteiger partial charge in [-0.05, 0) is 55.8 Å². The number of nitrogen functional groups attached to an aromatic ring is 1. The fourth-order valence-corrected chi connectivity index (χ4v) is 3.25. The van der Waals surface area contributed by atoms with Crippen LogP contribution in [0.3, 0.4) is 0 Å². The molecule has 2 N–H and O–H groups in total. The number of ketones is 1. The van der Waals surface area contributed by atoms with Gasteiger partial charge in [0.1, 0.15) is 0 Å². The Morgan fingerprint density at radius 1 is 1.04 bits per heavy atom. The maximum atomic E-state index is 12.7. The molecule has 126 valence electrons. The third kappa shape index (κ3) is 3.60. The normalized spacial score (nSPS) is 16.8. The average Bonchev–Trinajstić information content (AvgIpc) is 2.61. The molecule has 1 fully saturated rings. The van der Waals surface area contributed by atoms with Crippen molar-refractivity contribution in [2.24, 2.45) is 0 Å². The number of benzene rings is 2. The molecule has 0 spiro atoms. The summed E-state index contributed by atoms with van der Waals surface area (Å²) in [6.07, 6.45) is 0. The van der Waals surface area contributed by atoms with Crippen LogP contribution in [-0.2, 0) is 0 Å². The van der Waals surface area contributed by atoms with Crippen LogP contribution in [0.1, 0.15) is 22.8 Å². The second kappa shape index (κ2) is 7.05. The summed E-state index contributed by atoms with van der Waals surface area (Å²) in [6, 6.07) is 15.7. The van der Waals surface area contributed by atoms with E-state index in [1.165, 1.54) is 11.3 Å². The van der Waals surface area contributed by atoms with Crippen LogP contribution in [0, 0.1) is 6.92 Å². The Balaban J connectivity index is 1.61. The molecule has 0 aliphatic carbocycles. The summed E-state index contributed by atoms with van der Waals surface area (Å²) >= 11 is 0. The van der Waals surface area contributed by atoms with Gasteiger partial charge in [-0.25, -0.2) is 0 Å². The first-order valence-corrected chi connectivity index (χ1v) is 8.50. The number of hydrogen-bond donors (Lipinski definition) is 1. The van der Waals surface area contributed by atoms with Crippen LogP contribution in [-0.4, -0.2) is 42.9 Å². The highest BCUT2D eigenvalue weighted by atomic mass is 16.1. The molecular formula is C20H25N3O. The predicted octanol–water partition coefficient (Wildman–Crippen LogP) is 2.97. The molecular weight excluding hydrogens is 298 g/mol. The molecule has 1 saturated heterocycles. The molecule has 24 heavy (non-hydrogen) atoms. The van der Waals surface area contributed by atoms with E-state index in [-0.39, 0.29) is 11.8 Å². The topological polar surface area (TPSA) is 49.6 Å². The van der Waals surface area contributed by atoms with E-state index in [9.17, 15) is 4.79 Å². The van der Waals surface area contributed by atoms with Crippen LogP contribution in [0.2, 0.25) is 0 Å². The van der Waals surface area contributed by atoms with Gasteiger partial charge in [-0.1, -0.05) is 12.1 Å². The Morgan fingerprint density at radius 2 is 1.71 bits per heavy atom. The van der Waals surface area contributed by atoms with E-state index in [4.69, 9.17) is 5.73 Å². The fraction of sp³-hybridized carbons (Fsp3) is 0.350. The van der Waals surface area contributed by atoms with Gasteiger partial charge in [0, 0.05) is 43.1 Å². The van der Waals surface area contributed by atoms with E-state index < -0.39 is 0 Å². The number of aryl methyl sites for hydroxylation is 1. The van der Waals surface area contributed by atoms with E-state index in [1.54, 1.807) is 12.1 Å². The number of piperazine rings is 1. The molecule has 0 aromatic heterocycles. The van der Waals surface area contributed by atoms with Gasteiger partial charge in [0.2, 0.25) is 0 Å². The second-order valence-electron chi connectivity index (χ2n) is 6.52. The maximum Gasteiger partial charge on any atom is 0.179 e. The highest BCUT2D eigenvalue weighted by molar-refractivity contribution is 6.00. The quantitative estimate of drug-likeness (QED) is 0.694. The number of carbonyl (C=O) groups excluding carboxylic acids is 1. The lowest BCUT2D eigenvalue weighted by molar-refractivity contribution is 0.0830. The van der Waals surface area contributed by atoms with Crippen LogP contribution in [0.25, 0.3) is 0 Å². The van der Waals surface area contributed by atoms with Crippen LogP contribution < -0.4 is 10.6 Å². The van der Waals surface area contributed by atoms with Gasteiger partial charge < -0.3 is 10.6 Å². The summed E-state index contributed by atoms with van der Waals surface area (Å²) in [5, 5.41) is 0. The van der Waals surface area contributed by atoms with Gasteiger partial charge in [0.25, 0.3) is 0 Å². The van der Waals surface area contributed by atoms with Crippen molar-refractivity contribution in [1.82, 2.24) is 4.90 Å². The molecule has 0 saturated carbocycles. The summed E-state index contributed by atoms with van der Waals surface area (Å²) in [5.41, 5.74) is 9.67. The standard InChI is InChI=1S/C20H25N3O/c1-15-4-3-5-19(14-15)23-12-10-22(11-13-23)16(2)20(24)17-6-8-18(21)9-7-17/h3-9,14,16H,10-13,21H2,1-2H3. The Hall–Kier alpha value is -2.33. The molecule has 3 rings (SSSR count). The molecule has 1 unspecified atom stereocenters. The van der Waals surface area contributed by atoms with Crippen LogP contribution in [0.5, 0.6) is 0 Å². The molecule has 4 heteroatoms. The first kappa shape index (κ1) is 16.5. The van der Waals surface area contributed by atoms with Crippen LogP contribution in [0.4, 0.5) is 11.4 Å². The predicted molar refractivity (Wildman–Crippen MR) is 99.6 cm³/mol. The van der Waals surface area contributed by atoms with Crippen molar-refractivity contribution < 1.29 is 4.79 Å². The fourth-order valence-electron chi connectivity index (χ4n) is 3.25. The summed E-state index contributed by atoms with van der Waals surface area (Å²) in [5.74, 6) is 0.166. The van der Waals surface area contributed by atoms with Crippen molar-refractivity contribution in [2.45, 2.75) is 19.9 Å². The number of nitrogens with zero attached hydrogens (tertiary/aromatic N) is 2. The second-order valence-corrected chi connectivity index (χ2v) is 6.52. The molecule has 1 aliphatic heterocycles. The van der Waals surface area contributed by atoms with Crippen molar-refractivity contribution in [3.63, 3.8) is 0 Å². The summed E-state index contributed by atoms with van der Waals surface area (Å²) in [4.78, 5) is 17.3. The summed E-state index contributed by atoms with van der Waals surface area (Å²) in [7, 11) is 0. The Morgan fingerprint density at radius 3 is 2.33 bits per heavy atom. The highest BCUT2D eigenvalue weighted by Gasteiger charge is 2.26. The first-order valence-electron chi connectivity index (χ1n) is 8.50. The summed E-state index contributed by atoms with van der Waals surface area (Å²) in [6.45, 7) is 7.81. The van der Waals surface area contributed by atoms with Gasteiger partial charge in [-0.2, -0.15) is 0 Å². The molecule has 1 aliphatic rings. The van der Waals surface area contributed by atoms with Crippen molar-refractivity contribution in [3.8, 4) is 0 Å².